The van der Waals surface area contributed by atoms with Gasteiger partial charge in [-0.25, -0.2) is 0 Å². The molecule has 0 bridgehead atoms. The minimum absolute atomic E-state index is 0.00634. The van der Waals surface area contributed by atoms with Gasteiger partial charge in [-0.05, 0) is 22.4 Å². The van der Waals surface area contributed by atoms with Crippen molar-refractivity contribution in [2.75, 3.05) is 0 Å². The highest BCUT2D eigenvalue weighted by molar-refractivity contribution is 6.24. The molecule has 0 fully saturated rings. The number of hydrogen-bond acceptors (Lipinski definition) is 1. The molecule has 2 heteroatoms. The van der Waals surface area contributed by atoms with Gasteiger partial charge in [0.25, 0.3) is 0 Å². The highest BCUT2D eigenvalue weighted by Gasteiger charge is 1.95. The summed E-state index contributed by atoms with van der Waals surface area (Å²) >= 11 is 0. The summed E-state index contributed by atoms with van der Waals surface area (Å²) in [5, 5.41) is 2.51. The first kappa shape index (κ1) is 8.47. The molecule has 0 aromatic heterocycles. The number of benzene rings is 2. The number of hydrogen-bond donors (Lipinski definition) is 1. The Morgan fingerprint density at radius 2 is 1.77 bits per heavy atom. The molecule has 2 aromatic carbocycles. The number of fused-ring (bicyclic) bond motifs is 1. The molecule has 0 saturated carbocycles. The molecule has 2 radical (unpaired) electrons. The van der Waals surface area contributed by atoms with Crippen LogP contribution in [0.2, 0.25) is 0 Å². The Labute approximate surface area is 80.0 Å². The molecule has 0 spiro atoms. The molecule has 0 atom stereocenters. The van der Waals surface area contributed by atoms with E-state index in [1.165, 1.54) is 16.3 Å². The third-order valence-electron chi connectivity index (χ3n) is 2.10. The molecule has 0 unspecified atom stereocenters. The first-order valence-corrected chi connectivity index (χ1v) is 5.40. The minimum atomic E-state index is 0.00634. The van der Waals surface area contributed by atoms with Gasteiger partial charge in [-0.1, -0.05) is 42.5 Å². The van der Waals surface area contributed by atoms with E-state index in [2.05, 4.69) is 30.3 Å². The van der Waals surface area contributed by atoms with Crippen LogP contribution in [-0.2, 0) is 6.04 Å². The Balaban J connectivity index is 2.49. The van der Waals surface area contributed by atoms with Crippen molar-refractivity contribution in [3.8, 4) is 0 Å². The van der Waals surface area contributed by atoms with E-state index in [-0.39, 0.29) is 9.76 Å². The zero-order valence-electron chi connectivity index (χ0n) is 7.20. The van der Waals surface area contributed by atoms with Gasteiger partial charge in [0.1, 0.15) is 0 Å². The largest absolute Gasteiger partial charge is 0.431 e. The SMILES string of the molecule is O[Si]Cc1ccc2ccccc2c1. The normalized spacial score (nSPS) is 10.5. The molecule has 0 heterocycles. The molecule has 1 N–H and O–H groups in total. The maximum atomic E-state index is 8.82. The van der Waals surface area contributed by atoms with Gasteiger partial charge in [0.05, 0.1) is 0 Å². The Kier molecular flexibility index (Phi) is 2.43. The Bertz CT molecular complexity index is 412. The fourth-order valence-corrected chi connectivity index (χ4v) is 1.84. The molecular formula is C11H10OSi. The molecule has 64 valence electrons. The maximum absolute atomic E-state index is 8.82. The lowest BCUT2D eigenvalue weighted by Gasteiger charge is -2.00. The van der Waals surface area contributed by atoms with E-state index in [0.717, 1.165) is 6.04 Å². The van der Waals surface area contributed by atoms with Gasteiger partial charge in [0, 0.05) is 0 Å². The predicted molar refractivity (Wildman–Crippen MR) is 55.6 cm³/mol. The minimum Gasteiger partial charge on any atom is -0.431 e. The van der Waals surface area contributed by atoms with Gasteiger partial charge in [-0.3, -0.25) is 0 Å². The fraction of sp³-hybridized carbons (Fsp3) is 0.0909. The van der Waals surface area contributed by atoms with E-state index >= 15 is 0 Å². The quantitative estimate of drug-likeness (QED) is 0.711. The highest BCUT2D eigenvalue weighted by Crippen LogP contribution is 2.15. The monoisotopic (exact) mass is 186 g/mol. The summed E-state index contributed by atoms with van der Waals surface area (Å²) in [6, 6.07) is 15.3. The van der Waals surface area contributed by atoms with Gasteiger partial charge in [0.15, 0.2) is 0 Å². The van der Waals surface area contributed by atoms with E-state index < -0.39 is 0 Å². The van der Waals surface area contributed by atoms with E-state index in [1.807, 2.05) is 12.1 Å². The standard InChI is InChI=1S/C11H10OSi/c12-13-8-9-5-6-10-3-1-2-4-11(10)7-9/h1-7,12H,8H2. The molecule has 0 amide bonds. The van der Waals surface area contributed by atoms with E-state index in [1.54, 1.807) is 0 Å². The van der Waals surface area contributed by atoms with E-state index in [0.29, 0.717) is 0 Å². The van der Waals surface area contributed by atoms with Crippen LogP contribution in [0.5, 0.6) is 0 Å². The zero-order chi connectivity index (χ0) is 9.10. The molecule has 0 aliphatic rings. The molecule has 0 aliphatic heterocycles. The second-order valence-corrected chi connectivity index (χ2v) is 3.69. The van der Waals surface area contributed by atoms with Crippen molar-refractivity contribution >= 4 is 20.5 Å². The van der Waals surface area contributed by atoms with Crippen molar-refractivity contribution in [1.29, 1.82) is 0 Å². The molecular weight excluding hydrogens is 176 g/mol. The van der Waals surface area contributed by atoms with E-state index in [9.17, 15) is 0 Å². The maximum Gasteiger partial charge on any atom is 0.229 e. The summed E-state index contributed by atoms with van der Waals surface area (Å²) in [5.41, 5.74) is 1.21. The third kappa shape index (κ3) is 1.79. The van der Waals surface area contributed by atoms with Crippen LogP contribution < -0.4 is 0 Å². The summed E-state index contributed by atoms with van der Waals surface area (Å²) in [7, 11) is 0.00634. The van der Waals surface area contributed by atoms with Crippen molar-refractivity contribution in [2.24, 2.45) is 0 Å². The third-order valence-corrected chi connectivity index (χ3v) is 2.66. The lowest BCUT2D eigenvalue weighted by molar-refractivity contribution is 0.600. The van der Waals surface area contributed by atoms with Crippen molar-refractivity contribution < 1.29 is 4.80 Å². The van der Waals surface area contributed by atoms with Gasteiger partial charge in [-0.15, -0.1) is 0 Å². The summed E-state index contributed by atoms with van der Waals surface area (Å²) < 4.78 is 0. The first-order valence-electron chi connectivity index (χ1n) is 4.25. The van der Waals surface area contributed by atoms with Crippen molar-refractivity contribution in [1.82, 2.24) is 0 Å². The lowest BCUT2D eigenvalue weighted by Crippen LogP contribution is -1.93. The van der Waals surface area contributed by atoms with Crippen LogP contribution in [0.25, 0.3) is 10.8 Å². The van der Waals surface area contributed by atoms with Crippen LogP contribution in [-0.4, -0.2) is 14.6 Å². The van der Waals surface area contributed by atoms with Crippen LogP contribution in [0.1, 0.15) is 5.56 Å². The summed E-state index contributed by atoms with van der Waals surface area (Å²) in [4.78, 5) is 8.82. The van der Waals surface area contributed by atoms with Crippen LogP contribution >= 0.6 is 0 Å². The van der Waals surface area contributed by atoms with Crippen molar-refractivity contribution in [2.45, 2.75) is 6.04 Å². The first-order chi connectivity index (χ1) is 6.40. The zero-order valence-corrected chi connectivity index (χ0v) is 8.20. The van der Waals surface area contributed by atoms with E-state index in [4.69, 9.17) is 4.80 Å². The molecule has 1 nitrogen and oxygen atoms in total. The topological polar surface area (TPSA) is 20.2 Å². The average Bonchev–Trinajstić information content (AvgIpc) is 2.18. The average molecular weight is 186 g/mol. The molecule has 0 saturated heterocycles. The summed E-state index contributed by atoms with van der Waals surface area (Å²) in [6.45, 7) is 0. The lowest BCUT2D eigenvalue weighted by atomic mass is 10.1. The Morgan fingerprint density at radius 3 is 2.54 bits per heavy atom. The van der Waals surface area contributed by atoms with Gasteiger partial charge in [0.2, 0.25) is 9.76 Å². The molecule has 2 aromatic rings. The second-order valence-electron chi connectivity index (χ2n) is 3.02. The van der Waals surface area contributed by atoms with Gasteiger partial charge in [-0.2, -0.15) is 0 Å². The van der Waals surface area contributed by atoms with Crippen LogP contribution in [0.3, 0.4) is 0 Å². The van der Waals surface area contributed by atoms with Crippen molar-refractivity contribution in [3.63, 3.8) is 0 Å². The molecule has 13 heavy (non-hydrogen) atoms. The Morgan fingerprint density at radius 1 is 1.00 bits per heavy atom. The summed E-state index contributed by atoms with van der Waals surface area (Å²) in [6.07, 6.45) is 0. The fourth-order valence-electron chi connectivity index (χ4n) is 1.44. The van der Waals surface area contributed by atoms with Crippen LogP contribution in [0, 0.1) is 0 Å². The van der Waals surface area contributed by atoms with Gasteiger partial charge < -0.3 is 4.80 Å². The number of rotatable bonds is 2. The van der Waals surface area contributed by atoms with Crippen molar-refractivity contribution in [3.05, 3.63) is 48.0 Å². The smallest absolute Gasteiger partial charge is 0.229 e. The Hall–Kier alpha value is -1.12. The molecule has 2 rings (SSSR count). The van der Waals surface area contributed by atoms with Crippen LogP contribution in [0.4, 0.5) is 0 Å². The van der Waals surface area contributed by atoms with Gasteiger partial charge >= 0.3 is 0 Å². The predicted octanol–water partition coefficient (Wildman–Crippen LogP) is 1.95. The van der Waals surface area contributed by atoms with Crippen LogP contribution in [0.15, 0.2) is 42.5 Å². The molecule has 0 aliphatic carbocycles. The summed E-state index contributed by atoms with van der Waals surface area (Å²) in [5.74, 6) is 0. The second kappa shape index (κ2) is 3.73. The highest BCUT2D eigenvalue weighted by atomic mass is 28.2.